The highest BCUT2D eigenvalue weighted by molar-refractivity contribution is 5.74. The topological polar surface area (TPSA) is 542 Å². The fourth-order valence-corrected chi connectivity index (χ4v) is 10.0. The Morgan fingerprint density at radius 3 is 1.03 bits per heavy atom. The molecule has 0 aliphatic carbocycles. The molecular formula is C44H74N4O31. The summed E-state index contributed by atoms with van der Waals surface area (Å²) in [6, 6.07) is -6.41. The summed E-state index contributed by atoms with van der Waals surface area (Å²) in [5, 5.41) is 182. The van der Waals surface area contributed by atoms with Crippen molar-refractivity contribution in [2.75, 3.05) is 39.6 Å². The van der Waals surface area contributed by atoms with Crippen molar-refractivity contribution in [2.24, 2.45) is 0 Å². The van der Waals surface area contributed by atoms with Gasteiger partial charge < -0.3 is 155 Å². The van der Waals surface area contributed by atoms with Gasteiger partial charge in [0.2, 0.25) is 23.6 Å². The Morgan fingerprint density at radius 1 is 0.329 bits per heavy atom. The lowest BCUT2D eigenvalue weighted by molar-refractivity contribution is -0.372. The molecule has 456 valence electrons. The summed E-state index contributed by atoms with van der Waals surface area (Å²) in [5.74, 6) is -3.05. The van der Waals surface area contributed by atoms with Gasteiger partial charge in [-0.05, 0) is 0 Å². The smallest absolute Gasteiger partial charge is 0.217 e. The summed E-state index contributed by atoms with van der Waals surface area (Å²) in [6.07, 6.45) is -47.6. The Hall–Kier alpha value is -3.20. The van der Waals surface area contributed by atoms with Crippen LogP contribution >= 0.6 is 0 Å². The summed E-state index contributed by atoms with van der Waals surface area (Å²) < 4.78 is 63.3. The second kappa shape index (κ2) is 28.4. The maximum Gasteiger partial charge on any atom is 0.217 e. The summed E-state index contributed by atoms with van der Waals surface area (Å²) in [5.41, 5.74) is 0. The number of carbonyl (C=O) groups excluding carboxylic acids is 4. The first-order valence-corrected chi connectivity index (χ1v) is 25.1. The second-order valence-corrected chi connectivity index (χ2v) is 19.7. The van der Waals surface area contributed by atoms with Crippen LogP contribution in [0.5, 0.6) is 0 Å². The lowest BCUT2D eigenvalue weighted by atomic mass is 9.94. The molecule has 0 saturated carbocycles. The van der Waals surface area contributed by atoms with Crippen LogP contribution in [-0.4, -0.2) is 329 Å². The molecule has 6 heterocycles. The number of amides is 4. The number of ether oxygens (including phenoxy) is 11. The molecule has 6 rings (SSSR count). The van der Waals surface area contributed by atoms with Gasteiger partial charge in [-0.3, -0.25) is 19.2 Å². The van der Waals surface area contributed by atoms with Gasteiger partial charge in [-0.2, -0.15) is 0 Å². The van der Waals surface area contributed by atoms with Gasteiger partial charge in [-0.15, -0.1) is 0 Å². The zero-order chi connectivity index (χ0) is 58.5. The van der Waals surface area contributed by atoms with Crippen molar-refractivity contribution in [3.63, 3.8) is 0 Å². The van der Waals surface area contributed by atoms with E-state index in [0.717, 1.165) is 27.7 Å². The van der Waals surface area contributed by atoms with Crippen molar-refractivity contribution in [2.45, 2.75) is 212 Å². The van der Waals surface area contributed by atoms with Crippen LogP contribution in [0.4, 0.5) is 0 Å². The molecule has 0 aromatic heterocycles. The van der Waals surface area contributed by atoms with Gasteiger partial charge in [0.25, 0.3) is 0 Å². The lowest BCUT2D eigenvalue weighted by Gasteiger charge is -2.49. The fraction of sp³-hybridized carbons (Fsp3) is 0.909. The Labute approximate surface area is 448 Å². The number of carbonyl (C=O) groups is 4. The Kier molecular flexibility index (Phi) is 23.3. The largest absolute Gasteiger partial charge is 0.394 e. The van der Waals surface area contributed by atoms with Crippen LogP contribution < -0.4 is 21.3 Å². The second-order valence-electron chi connectivity index (χ2n) is 19.7. The quantitative estimate of drug-likeness (QED) is 0.0538. The zero-order valence-corrected chi connectivity index (χ0v) is 42.8. The minimum atomic E-state index is -2.17. The highest BCUT2D eigenvalue weighted by Crippen LogP contribution is 2.36. The molecule has 20 N–H and O–H groups in total. The van der Waals surface area contributed by atoms with Gasteiger partial charge in [0.15, 0.2) is 37.7 Å². The molecule has 6 saturated heterocycles. The van der Waals surface area contributed by atoms with Gasteiger partial charge in [0, 0.05) is 27.7 Å². The van der Waals surface area contributed by atoms with E-state index in [4.69, 9.17) is 52.1 Å². The third-order valence-electron chi connectivity index (χ3n) is 14.0. The summed E-state index contributed by atoms with van der Waals surface area (Å²) in [4.78, 5) is 48.9. The van der Waals surface area contributed by atoms with Crippen LogP contribution in [0.3, 0.4) is 0 Å². The van der Waals surface area contributed by atoms with Crippen LogP contribution in [0.2, 0.25) is 0 Å². The molecule has 79 heavy (non-hydrogen) atoms. The predicted octanol–water partition coefficient (Wildman–Crippen LogP) is -13.5. The molecule has 0 radical (unpaired) electrons. The molecular weight excluding hydrogens is 1080 g/mol. The van der Waals surface area contributed by atoms with Gasteiger partial charge in [-0.1, -0.05) is 0 Å². The first kappa shape index (κ1) is 65.0. The van der Waals surface area contributed by atoms with Crippen LogP contribution in [0, 0.1) is 0 Å². The number of hydrogen-bond donors (Lipinski definition) is 20. The number of aliphatic hydroxyl groups excluding tert-OH is 16. The first-order chi connectivity index (χ1) is 37.3. The standard InChI is InChI=1S/C44H74N4O31/c1-11(54)45-21-28(61)25(58)15(5-49)71-41(21)76-36-18(8-52)74-43(33(66)31(36)64)78-35-17(7-51)73-40(23(30(35)63)47-13(3)56)69-10-20-27(60)38(24(39(68)70-20)48-14(4)57)79-44-34(67)32(65)37(19(9-53)75-44)77-42-22(46-12(2)55)29(62)26(59)16(6-50)72-42/h15-44,49-53,58-68H,5-10H2,1-4H3,(H,45,54)(H,46,55)(H,47,56)(H,48,57)/t15-,16-,17-,18-,19-,20-,21-,22-,23-,24-,25-,26-,27+,28-,29-,30-,31-,32-,33-,34-,35-,36+,37+,38-,39?,40-,41-,42+,43+,44+/m1/s1. The normalized spacial score (nSPS) is 46.7. The summed E-state index contributed by atoms with van der Waals surface area (Å²) in [6.45, 7) is -1.30. The van der Waals surface area contributed by atoms with E-state index in [1.54, 1.807) is 0 Å². The molecule has 30 atom stereocenters. The average molecular weight is 1160 g/mol. The minimum absolute atomic E-state index is 0.718. The van der Waals surface area contributed by atoms with E-state index in [1.165, 1.54) is 0 Å². The van der Waals surface area contributed by atoms with Crippen LogP contribution in [-0.2, 0) is 71.3 Å². The first-order valence-electron chi connectivity index (χ1n) is 25.1. The molecule has 35 nitrogen and oxygen atoms in total. The summed E-state index contributed by atoms with van der Waals surface area (Å²) >= 11 is 0. The van der Waals surface area contributed by atoms with E-state index in [9.17, 15) is 101 Å². The van der Waals surface area contributed by atoms with Gasteiger partial charge in [0.1, 0.15) is 146 Å². The number of hydrogen-bond acceptors (Lipinski definition) is 31. The van der Waals surface area contributed by atoms with E-state index in [1.807, 2.05) is 0 Å². The molecule has 0 spiro atoms. The number of aliphatic hydroxyl groups is 16. The van der Waals surface area contributed by atoms with E-state index in [0.29, 0.717) is 0 Å². The third kappa shape index (κ3) is 14.8. The molecule has 6 aliphatic rings. The van der Waals surface area contributed by atoms with Crippen LogP contribution in [0.15, 0.2) is 0 Å². The third-order valence-corrected chi connectivity index (χ3v) is 14.0. The molecule has 0 aromatic carbocycles. The highest BCUT2D eigenvalue weighted by Gasteiger charge is 2.57. The van der Waals surface area contributed by atoms with E-state index < -0.39 is 247 Å². The van der Waals surface area contributed by atoms with E-state index in [2.05, 4.69) is 21.3 Å². The minimum Gasteiger partial charge on any atom is -0.394 e. The Balaban J connectivity index is 1.15. The van der Waals surface area contributed by atoms with Crippen molar-refractivity contribution in [3.05, 3.63) is 0 Å². The van der Waals surface area contributed by atoms with Gasteiger partial charge >= 0.3 is 0 Å². The van der Waals surface area contributed by atoms with Crippen LogP contribution in [0.25, 0.3) is 0 Å². The lowest BCUT2D eigenvalue weighted by Crippen LogP contribution is -2.70. The van der Waals surface area contributed by atoms with Crippen molar-refractivity contribution in [3.8, 4) is 0 Å². The molecule has 0 aromatic rings. The van der Waals surface area contributed by atoms with Crippen molar-refractivity contribution in [1.82, 2.24) is 21.3 Å². The maximum atomic E-state index is 12.6. The van der Waals surface area contributed by atoms with E-state index in [-0.39, 0.29) is 0 Å². The Bertz CT molecular complexity index is 1990. The SMILES string of the molecule is CC(=O)N[C@H]1[C@H](OC[C@H]2OC(O)[C@H](NC(C)=O)[C@@H](O[C@@H]3O[C@H](CO)[C@H](O[C@@H]4O[C@H](CO)[C@@H](O)[C@H](O)[C@H]4NC(C)=O)[C@H](O)[C@H]3O)[C@H]2O)O[C@H](CO)[C@@H](O[C@@H]2O[C@H](CO)[C@H](O[C@H]3O[C@H](CO)[C@@H](O)[C@H](O)[C@H]3NC(C)=O)[C@H](O)[C@H]2O)[C@@H]1O. The monoisotopic (exact) mass is 1150 g/mol. The summed E-state index contributed by atoms with van der Waals surface area (Å²) in [7, 11) is 0. The highest BCUT2D eigenvalue weighted by atomic mass is 16.8. The van der Waals surface area contributed by atoms with Crippen LogP contribution in [0.1, 0.15) is 27.7 Å². The average Bonchev–Trinajstić information content (AvgIpc) is 3.44. The van der Waals surface area contributed by atoms with Gasteiger partial charge in [-0.25, -0.2) is 0 Å². The maximum absolute atomic E-state index is 12.6. The number of rotatable bonds is 20. The van der Waals surface area contributed by atoms with Crippen molar-refractivity contribution < 1.29 is 153 Å². The molecule has 1 unspecified atom stereocenters. The predicted molar refractivity (Wildman–Crippen MR) is 246 cm³/mol. The molecule has 6 fully saturated rings. The molecule has 4 amide bonds. The molecule has 0 bridgehead atoms. The van der Waals surface area contributed by atoms with Gasteiger partial charge in [0.05, 0.1) is 39.6 Å². The molecule has 35 heteroatoms. The van der Waals surface area contributed by atoms with E-state index >= 15 is 0 Å². The van der Waals surface area contributed by atoms with Crippen molar-refractivity contribution in [1.29, 1.82) is 0 Å². The molecule has 6 aliphatic heterocycles. The fourth-order valence-electron chi connectivity index (χ4n) is 10.0. The number of nitrogens with one attached hydrogen (secondary N) is 4. The zero-order valence-electron chi connectivity index (χ0n) is 42.8. The van der Waals surface area contributed by atoms with Crippen molar-refractivity contribution >= 4 is 23.6 Å². The Morgan fingerprint density at radius 2 is 0.646 bits per heavy atom.